The summed E-state index contributed by atoms with van der Waals surface area (Å²) in [6.07, 6.45) is 4.65. The number of hydrogen-bond donors (Lipinski definition) is 1. The van der Waals surface area contributed by atoms with Crippen molar-refractivity contribution in [2.75, 3.05) is 53.2 Å². The number of hydrogen-bond acceptors (Lipinski definition) is 9. The highest BCUT2D eigenvalue weighted by atomic mass is 35.5. The van der Waals surface area contributed by atoms with Gasteiger partial charge in [-0.25, -0.2) is 9.59 Å². The molecule has 10 nitrogen and oxygen atoms in total. The topological polar surface area (TPSA) is 108 Å². The number of rotatable bonds is 9. The molecule has 2 aromatic rings. The lowest BCUT2D eigenvalue weighted by Crippen LogP contribution is -2.56. The van der Waals surface area contributed by atoms with Crippen LogP contribution in [0.15, 0.2) is 76.0 Å². The number of benzene rings is 2. The second kappa shape index (κ2) is 17.9. The number of piperazine rings is 1. The van der Waals surface area contributed by atoms with Crippen LogP contribution in [0.3, 0.4) is 0 Å². The summed E-state index contributed by atoms with van der Waals surface area (Å²) in [5.41, 5.74) is 0.786. The third-order valence-corrected chi connectivity index (χ3v) is 12.5. The molecular formula is C36H44Cl4N4O6S. The molecule has 4 atom stereocenters. The third kappa shape index (κ3) is 8.61. The van der Waals surface area contributed by atoms with E-state index >= 15 is 0 Å². The quantitative estimate of drug-likeness (QED) is 0.336. The molecule has 0 saturated carbocycles. The van der Waals surface area contributed by atoms with E-state index in [9.17, 15) is 18.6 Å². The van der Waals surface area contributed by atoms with Crippen LogP contribution in [0.4, 0.5) is 0 Å². The van der Waals surface area contributed by atoms with Gasteiger partial charge < -0.3 is 24.6 Å². The number of nitrogens with one attached hydrogen (secondary N) is 1. The standard InChI is InChI=1S/C36H42Cl2N4O6S.2ClH/c1-40-22-12-13-23(40)19-24(18-22)41-14-16-42(17-15-41)30(43)20-28-32(35(44)47-2)34(31-26(37)10-7-11-27(31)38)33(36(45)48-3)29(39-28)21-49(46)25-8-5-4-6-9-25;;/h4-11,22-24,34,39H,12-21H2,1-3H3;2*1H. The predicted molar refractivity (Wildman–Crippen MR) is 203 cm³/mol. The second-order valence-corrected chi connectivity index (χ2v) is 15.3. The van der Waals surface area contributed by atoms with Crippen molar-refractivity contribution >= 4 is 76.7 Å². The van der Waals surface area contributed by atoms with E-state index in [1.54, 1.807) is 42.5 Å². The van der Waals surface area contributed by atoms with Gasteiger partial charge in [0.05, 0.1) is 54.3 Å². The second-order valence-electron chi connectivity index (χ2n) is 13.0. The van der Waals surface area contributed by atoms with Gasteiger partial charge in [-0.3, -0.25) is 13.9 Å². The largest absolute Gasteiger partial charge is 0.466 e. The first-order chi connectivity index (χ1) is 23.6. The van der Waals surface area contributed by atoms with Gasteiger partial charge in [-0.1, -0.05) is 47.5 Å². The maximum atomic E-state index is 14.0. The number of nitrogens with zero attached hydrogens (tertiary/aromatic N) is 3. The summed E-state index contributed by atoms with van der Waals surface area (Å²) in [5.74, 6) is -3.00. The van der Waals surface area contributed by atoms with Crippen LogP contribution in [0, 0.1) is 0 Å². The first-order valence-electron chi connectivity index (χ1n) is 16.6. The molecule has 278 valence electrons. The van der Waals surface area contributed by atoms with E-state index in [0.29, 0.717) is 36.1 Å². The molecule has 15 heteroatoms. The number of methoxy groups -OCH3 is 2. The maximum absolute atomic E-state index is 14.0. The van der Waals surface area contributed by atoms with Crippen molar-refractivity contribution in [2.24, 2.45) is 0 Å². The van der Waals surface area contributed by atoms with Crippen LogP contribution < -0.4 is 5.32 Å². The molecule has 0 aromatic heterocycles. The molecule has 0 aliphatic carbocycles. The van der Waals surface area contributed by atoms with Crippen LogP contribution in [-0.4, -0.2) is 108 Å². The number of dihydropyridines is 1. The highest BCUT2D eigenvalue weighted by Gasteiger charge is 2.44. The molecular weight excluding hydrogens is 758 g/mol. The molecule has 4 heterocycles. The zero-order valence-corrected chi connectivity index (χ0v) is 32.7. The van der Waals surface area contributed by atoms with Gasteiger partial charge in [0.15, 0.2) is 0 Å². The fourth-order valence-electron chi connectivity index (χ4n) is 7.91. The Morgan fingerprint density at radius 1 is 0.804 bits per heavy atom. The monoisotopic (exact) mass is 800 g/mol. The lowest BCUT2D eigenvalue weighted by Gasteiger charge is -2.45. The molecule has 0 radical (unpaired) electrons. The van der Waals surface area contributed by atoms with Crippen LogP contribution >= 0.6 is 48.0 Å². The Hall–Kier alpha value is -2.64. The molecule has 0 spiro atoms. The minimum absolute atomic E-state index is 0. The van der Waals surface area contributed by atoms with E-state index < -0.39 is 28.7 Å². The highest BCUT2D eigenvalue weighted by Crippen LogP contribution is 2.45. The first-order valence-corrected chi connectivity index (χ1v) is 18.7. The van der Waals surface area contributed by atoms with Crippen LogP contribution in [-0.2, 0) is 34.7 Å². The van der Waals surface area contributed by atoms with Crippen molar-refractivity contribution in [3.8, 4) is 0 Å². The minimum Gasteiger partial charge on any atom is -0.466 e. The molecule has 3 saturated heterocycles. The highest BCUT2D eigenvalue weighted by molar-refractivity contribution is 7.85. The molecule has 1 amide bonds. The SMILES string of the molecule is COC(=O)C1=C(CC(=O)N2CCN(C3CC4CCC(C3)N4C)CC2)NC(CS(=O)c2ccccc2)=C(C(=O)OC)C1c1c(Cl)cccc1Cl.Cl.Cl. The summed E-state index contributed by atoms with van der Waals surface area (Å²) >= 11 is 13.4. The van der Waals surface area contributed by atoms with E-state index in [2.05, 4.69) is 22.2 Å². The van der Waals surface area contributed by atoms with Crippen molar-refractivity contribution in [3.63, 3.8) is 0 Å². The number of ether oxygens (including phenoxy) is 2. The average Bonchev–Trinajstić information content (AvgIpc) is 3.29. The Balaban J connectivity index is 0.00000292. The molecule has 4 unspecified atom stereocenters. The molecule has 4 aliphatic rings. The maximum Gasteiger partial charge on any atom is 0.336 e. The average molecular weight is 803 g/mol. The molecule has 3 fully saturated rings. The van der Waals surface area contributed by atoms with Crippen LogP contribution in [0.25, 0.3) is 0 Å². The molecule has 2 bridgehead atoms. The minimum atomic E-state index is -1.60. The molecule has 4 aliphatic heterocycles. The third-order valence-electron chi connectivity index (χ3n) is 10.5. The van der Waals surface area contributed by atoms with Crippen molar-refractivity contribution < 1.29 is 28.1 Å². The van der Waals surface area contributed by atoms with Gasteiger partial charge in [-0.2, -0.15) is 0 Å². The number of esters is 2. The summed E-state index contributed by atoms with van der Waals surface area (Å²) in [7, 11) is 3.09. The summed E-state index contributed by atoms with van der Waals surface area (Å²) in [4.78, 5) is 48.7. The smallest absolute Gasteiger partial charge is 0.336 e. The lowest BCUT2D eigenvalue weighted by molar-refractivity contribution is -0.137. The van der Waals surface area contributed by atoms with Gasteiger partial charge in [-0.05, 0) is 57.0 Å². The predicted octanol–water partition coefficient (Wildman–Crippen LogP) is 5.35. The van der Waals surface area contributed by atoms with Gasteiger partial charge in [0, 0.05) is 76.2 Å². The summed E-state index contributed by atoms with van der Waals surface area (Å²) in [6, 6.07) is 15.5. The van der Waals surface area contributed by atoms with Gasteiger partial charge in [-0.15, -0.1) is 24.8 Å². The lowest BCUT2D eigenvalue weighted by atomic mass is 9.79. The Morgan fingerprint density at radius 3 is 1.90 bits per heavy atom. The van der Waals surface area contributed by atoms with Crippen molar-refractivity contribution in [1.82, 2.24) is 20.0 Å². The van der Waals surface area contributed by atoms with Crippen LogP contribution in [0.5, 0.6) is 0 Å². The zero-order chi connectivity index (χ0) is 34.8. The van der Waals surface area contributed by atoms with E-state index in [1.807, 2.05) is 11.0 Å². The van der Waals surface area contributed by atoms with Gasteiger partial charge in [0.1, 0.15) is 0 Å². The number of fused-ring (bicyclic) bond motifs is 2. The van der Waals surface area contributed by atoms with E-state index in [1.165, 1.54) is 27.1 Å². The molecule has 1 N–H and O–H groups in total. The van der Waals surface area contributed by atoms with E-state index in [-0.39, 0.29) is 81.0 Å². The van der Waals surface area contributed by atoms with Gasteiger partial charge >= 0.3 is 11.9 Å². The molecule has 51 heavy (non-hydrogen) atoms. The van der Waals surface area contributed by atoms with Crippen LogP contribution in [0.1, 0.15) is 43.6 Å². The van der Waals surface area contributed by atoms with Gasteiger partial charge in [0.25, 0.3) is 0 Å². The molecule has 6 rings (SSSR count). The van der Waals surface area contributed by atoms with E-state index in [0.717, 1.165) is 25.9 Å². The Kier molecular flexibility index (Phi) is 14.5. The number of amides is 1. The Morgan fingerprint density at radius 2 is 1.35 bits per heavy atom. The van der Waals surface area contributed by atoms with Crippen molar-refractivity contribution in [3.05, 3.63) is 86.7 Å². The van der Waals surface area contributed by atoms with E-state index in [4.69, 9.17) is 32.7 Å². The number of carbonyl (C=O) groups is 3. The zero-order valence-electron chi connectivity index (χ0n) is 28.8. The number of piperidine rings is 1. The van der Waals surface area contributed by atoms with Crippen molar-refractivity contribution in [2.45, 2.75) is 61.0 Å². The summed E-state index contributed by atoms with van der Waals surface area (Å²) in [6.45, 7) is 2.69. The Labute approximate surface area is 324 Å². The Bertz CT molecular complexity index is 1670. The fourth-order valence-corrected chi connectivity index (χ4v) is 9.64. The fraction of sp³-hybridized carbons (Fsp3) is 0.472. The van der Waals surface area contributed by atoms with Crippen molar-refractivity contribution in [1.29, 1.82) is 0 Å². The molecule has 2 aromatic carbocycles. The van der Waals surface area contributed by atoms with Gasteiger partial charge in [0.2, 0.25) is 5.91 Å². The normalized spacial score (nSPS) is 24.2. The number of carbonyl (C=O) groups excluding carboxylic acids is 3. The first kappa shape index (κ1) is 41.1. The summed E-state index contributed by atoms with van der Waals surface area (Å²) in [5, 5.41) is 3.60. The number of halogens is 4. The van der Waals surface area contributed by atoms with Crippen LogP contribution in [0.2, 0.25) is 10.0 Å². The summed E-state index contributed by atoms with van der Waals surface area (Å²) < 4.78 is 24.1.